The molecule has 34 rings (SSSR count). The van der Waals surface area contributed by atoms with Crippen LogP contribution < -0.4 is 45.5 Å². The molecule has 0 saturated heterocycles. The fourth-order valence-electron chi connectivity index (χ4n) is 26.9. The van der Waals surface area contributed by atoms with Gasteiger partial charge in [0.1, 0.15) is 0 Å². The van der Waals surface area contributed by atoms with Gasteiger partial charge in [0, 0.05) is 143 Å². The first-order chi connectivity index (χ1) is 72.6. The largest absolute Gasteiger partial charge is 0.453 e. The summed E-state index contributed by atoms with van der Waals surface area (Å²) >= 11 is 0. The second-order valence-corrected chi connectivity index (χ2v) is 41.7. The summed E-state index contributed by atoms with van der Waals surface area (Å²) in [6, 6.07) is 171. The molecule has 10 nitrogen and oxygen atoms in total. The van der Waals surface area contributed by atoms with Crippen molar-refractivity contribution in [3.05, 3.63) is 454 Å². The lowest BCUT2D eigenvalue weighted by Gasteiger charge is -2.47. The molecule has 0 spiro atoms. The maximum atomic E-state index is 7.05. The fourth-order valence-corrected chi connectivity index (χ4v) is 26.9. The monoisotopic (exact) mass is 1870 g/mol. The van der Waals surface area contributed by atoms with E-state index in [9.17, 15) is 0 Å². The van der Waals surface area contributed by atoms with E-state index in [-0.39, 0.29) is 0 Å². The third-order valence-electron chi connectivity index (χ3n) is 33.0. The van der Waals surface area contributed by atoms with Crippen molar-refractivity contribution >= 4 is 244 Å². The molecule has 4 aliphatic heterocycles. The minimum absolute atomic E-state index is 0.442. The summed E-state index contributed by atoms with van der Waals surface area (Å²) < 4.78 is 24.2. The molecule has 0 aliphatic carbocycles. The minimum atomic E-state index is -0.516. The van der Waals surface area contributed by atoms with Crippen LogP contribution in [0.15, 0.2) is 449 Å². The van der Waals surface area contributed by atoms with Gasteiger partial charge in [-0.1, -0.05) is 276 Å². The van der Waals surface area contributed by atoms with Crippen molar-refractivity contribution < 1.29 is 9.47 Å². The Labute approximate surface area is 843 Å². The lowest BCUT2D eigenvalue weighted by atomic mass is 9.33. The molecule has 0 fully saturated rings. The number of hydrogen-bond acceptors (Lipinski definition) is 6. The van der Waals surface area contributed by atoms with Gasteiger partial charge in [0.15, 0.2) is 23.0 Å². The number of fused-ring (bicyclic) bond motifs is 32. The predicted octanol–water partition coefficient (Wildman–Crippen LogP) is 35.2. The van der Waals surface area contributed by atoms with Gasteiger partial charge in [-0.25, -0.2) is 0 Å². The van der Waals surface area contributed by atoms with E-state index in [1.807, 2.05) is 0 Å². The van der Waals surface area contributed by atoms with Gasteiger partial charge in [0.25, 0.3) is 6.71 Å². The van der Waals surface area contributed by atoms with Gasteiger partial charge in [-0.15, -0.1) is 0 Å². The SMILES string of the molecule is CC(C)(C)c1cc2c3c(c1)N(c1c(-c4cc5c6ccccc6n6c7ccccc7c(c4)c56)cc(-c4ccccc4)cc1-c1cc4c5ccccc5n5c6ccccc6c(c1)c45)c1cc(N4c5ccccc5Oc5ccccc54)ccc1B3c1ccc(N3c4ccccc4Oc4ccccc43)cc1N2c1c(-c2cc3c4ccccc4n4c5ccccc5c(c2)c34)cccc1-c1cc2c3ccccc3n3c4ccccc4c(c1)c23. The summed E-state index contributed by atoms with van der Waals surface area (Å²) in [5.74, 6) is 3.11. The molecule has 0 bridgehead atoms. The van der Waals surface area contributed by atoms with Crippen LogP contribution in [0, 0.1) is 0 Å². The quantitative estimate of drug-likeness (QED) is 0.134. The minimum Gasteiger partial charge on any atom is -0.453 e. The highest BCUT2D eigenvalue weighted by atomic mass is 16.5. The zero-order chi connectivity index (χ0) is 95.9. The first kappa shape index (κ1) is 79.6. The summed E-state index contributed by atoms with van der Waals surface area (Å²) in [5.41, 5.74) is 41.4. The van der Waals surface area contributed by atoms with Crippen molar-refractivity contribution in [2.45, 2.75) is 26.2 Å². The van der Waals surface area contributed by atoms with Crippen molar-refractivity contribution in [2.75, 3.05) is 19.6 Å². The van der Waals surface area contributed by atoms with Gasteiger partial charge >= 0.3 is 0 Å². The number of benzene rings is 22. The number of anilines is 12. The summed E-state index contributed by atoms with van der Waals surface area (Å²) in [5, 5.41) is 19.2. The summed E-state index contributed by atoms with van der Waals surface area (Å²) in [6.45, 7) is 6.85. The van der Waals surface area contributed by atoms with Gasteiger partial charge in [0.2, 0.25) is 0 Å². The Bertz CT molecular complexity index is 10200. The molecule has 0 N–H and O–H groups in total. The number of nitrogens with zero attached hydrogens (tertiary/aromatic N) is 8. The molecule has 12 heterocycles. The lowest BCUT2D eigenvalue weighted by Crippen LogP contribution is -2.61. The van der Waals surface area contributed by atoms with Gasteiger partial charge in [-0.3, -0.25) is 0 Å². The van der Waals surface area contributed by atoms with E-state index in [0.717, 1.165) is 163 Å². The normalized spacial score (nSPS) is 13.4. The maximum absolute atomic E-state index is 7.05. The van der Waals surface area contributed by atoms with Crippen LogP contribution in [-0.2, 0) is 5.41 Å². The Morgan fingerprint density at radius 1 is 0.190 bits per heavy atom. The smallest absolute Gasteiger partial charge is 0.252 e. The molecule has 30 aromatic rings. The third-order valence-corrected chi connectivity index (χ3v) is 33.0. The number of para-hydroxylation sites is 17. The highest BCUT2D eigenvalue weighted by molar-refractivity contribution is 7.00. The number of ether oxygens (including phenoxy) is 2. The summed E-state index contributed by atoms with van der Waals surface area (Å²) in [6.07, 6.45) is 0. The Balaban J connectivity index is 0.746. The van der Waals surface area contributed by atoms with Gasteiger partial charge in [-0.2, -0.15) is 0 Å². The first-order valence-electron chi connectivity index (χ1n) is 51.0. The molecule has 0 atom stereocenters. The molecule has 682 valence electrons. The molecule has 11 heteroatoms. The molecule has 0 saturated carbocycles. The van der Waals surface area contributed by atoms with Crippen LogP contribution in [0.4, 0.5) is 68.2 Å². The third kappa shape index (κ3) is 10.7. The molecule has 4 aliphatic rings. The summed E-state index contributed by atoms with van der Waals surface area (Å²) in [7, 11) is 0. The fraction of sp³-hybridized carbons (Fsp3) is 0.0294. The zero-order valence-electron chi connectivity index (χ0n) is 80.2. The Kier molecular flexibility index (Phi) is 15.6. The topological polar surface area (TPSA) is 49.1 Å². The van der Waals surface area contributed by atoms with Crippen LogP contribution in [0.2, 0.25) is 0 Å². The van der Waals surface area contributed by atoms with Gasteiger partial charge in [-0.05, 0) is 255 Å². The Hall–Kier alpha value is -19.1. The van der Waals surface area contributed by atoms with Gasteiger partial charge in [0.05, 0.1) is 100 Å². The van der Waals surface area contributed by atoms with Crippen molar-refractivity contribution in [3.8, 4) is 78.6 Å². The highest BCUT2D eigenvalue weighted by Crippen LogP contribution is 2.62. The van der Waals surface area contributed by atoms with Gasteiger partial charge < -0.3 is 46.7 Å². The predicted molar refractivity (Wildman–Crippen MR) is 614 cm³/mol. The number of hydrogen-bond donors (Lipinski definition) is 0. The molecular weight excluding hydrogens is 1790 g/mol. The van der Waals surface area contributed by atoms with Crippen LogP contribution in [0.5, 0.6) is 23.0 Å². The van der Waals surface area contributed by atoms with Crippen molar-refractivity contribution in [1.82, 2.24) is 17.6 Å². The van der Waals surface area contributed by atoms with Crippen LogP contribution in [0.1, 0.15) is 26.3 Å². The zero-order valence-corrected chi connectivity index (χ0v) is 80.2. The van der Waals surface area contributed by atoms with Crippen LogP contribution in [0.25, 0.3) is 208 Å². The van der Waals surface area contributed by atoms with Crippen LogP contribution >= 0.6 is 0 Å². The van der Waals surface area contributed by atoms with Crippen molar-refractivity contribution in [1.29, 1.82) is 0 Å². The maximum Gasteiger partial charge on any atom is 0.252 e. The van der Waals surface area contributed by atoms with E-state index in [2.05, 4.69) is 507 Å². The van der Waals surface area contributed by atoms with E-state index in [0.29, 0.717) is 0 Å². The van der Waals surface area contributed by atoms with Crippen molar-refractivity contribution in [3.63, 3.8) is 0 Å². The molecule has 0 radical (unpaired) electrons. The van der Waals surface area contributed by atoms with E-state index in [1.165, 1.54) is 158 Å². The van der Waals surface area contributed by atoms with E-state index in [1.54, 1.807) is 0 Å². The Morgan fingerprint density at radius 2 is 0.456 bits per heavy atom. The highest BCUT2D eigenvalue weighted by Gasteiger charge is 2.48. The standard InChI is InChI=1S/C136H83BN8O2/c1-136(2,3)84-74-123-129-124(75-84)145(131-97(82-70-103-93-38-11-19-48-113(93)142-114-49-20-12-39-94(114)104(71-82)134(103)142)64-79(78-32-5-4-6-33-78)65-98(131)83-72-105-95-40-13-21-50-115(95)143-116-51-22-14-41-96(116)106(73-83)135(105)143)122-77-86(139-119-54-25-29-58-127(119)147-128-59-30-26-55-120(128)139)61-63-108(122)137(129)107-62-60-85(138-117-52-23-27-56-125(117)146-126-57-28-24-53-118(126)138)76-121(107)144(123)130-87(80-66-99-89-34-7-15-44-109(89)140-110-45-16-8-35-90(110)100(67-80)132(99)140)42-31-43-88(130)81-68-101-91-36-9-17-46-111(91)141-112-47-18-10-37-92(112)102(69-81)133(101)141/h4-77H,1-3H3. The van der Waals surface area contributed by atoms with E-state index < -0.39 is 12.1 Å². The van der Waals surface area contributed by atoms with Crippen LogP contribution in [-0.4, -0.2) is 24.3 Å². The molecule has 147 heavy (non-hydrogen) atoms. The second-order valence-electron chi connectivity index (χ2n) is 41.7. The van der Waals surface area contributed by atoms with Crippen LogP contribution in [0.3, 0.4) is 0 Å². The van der Waals surface area contributed by atoms with E-state index in [4.69, 9.17) is 9.47 Å². The molecule has 0 unspecified atom stereocenters. The molecular formula is C136H83BN8O2. The Morgan fingerprint density at radius 3 is 0.755 bits per heavy atom. The lowest BCUT2D eigenvalue weighted by molar-refractivity contribution is 0.477. The molecule has 22 aromatic carbocycles. The summed E-state index contributed by atoms with van der Waals surface area (Å²) in [4.78, 5) is 10.5. The average Bonchev–Trinajstić information content (AvgIpc) is 0.876. The van der Waals surface area contributed by atoms with Crippen molar-refractivity contribution in [2.24, 2.45) is 0 Å². The first-order valence-corrected chi connectivity index (χ1v) is 51.0. The number of rotatable bonds is 9. The average molecular weight is 1870 g/mol. The molecule has 8 aromatic heterocycles. The van der Waals surface area contributed by atoms with E-state index >= 15 is 0 Å². The number of aromatic nitrogens is 4. The second kappa shape index (κ2) is 28.9. The molecule has 0 amide bonds.